The molecule has 2 aromatic carbocycles. The summed E-state index contributed by atoms with van der Waals surface area (Å²) in [4.78, 5) is 0. The van der Waals surface area contributed by atoms with Crippen LogP contribution < -0.4 is 15.2 Å². The predicted octanol–water partition coefficient (Wildman–Crippen LogP) is 4.03. The molecule has 0 amide bonds. The first-order valence-electron chi connectivity index (χ1n) is 6.85. The standard InChI is InChI=1S/C17H18N2O2/c1-3-8-20-17-9-13(11-18)16(10-14(17)19)21-15-7-5-4-6-12(15)2/h4-7,9-10H,3,8,19H2,1-2H3. The average Bonchev–Trinajstić information content (AvgIpc) is 2.49. The zero-order valence-electron chi connectivity index (χ0n) is 12.2. The van der Waals surface area contributed by atoms with E-state index in [0.29, 0.717) is 35.1 Å². The molecule has 0 radical (unpaired) electrons. The second-order valence-electron chi connectivity index (χ2n) is 4.71. The Kier molecular flexibility index (Phi) is 4.68. The van der Waals surface area contributed by atoms with Gasteiger partial charge < -0.3 is 15.2 Å². The topological polar surface area (TPSA) is 68.3 Å². The van der Waals surface area contributed by atoms with Crippen LogP contribution in [0.4, 0.5) is 5.69 Å². The number of rotatable bonds is 5. The zero-order valence-corrected chi connectivity index (χ0v) is 12.2. The average molecular weight is 282 g/mol. The van der Waals surface area contributed by atoms with E-state index in [2.05, 4.69) is 6.07 Å². The van der Waals surface area contributed by atoms with E-state index in [9.17, 15) is 5.26 Å². The molecule has 108 valence electrons. The van der Waals surface area contributed by atoms with Crippen LogP contribution in [0.5, 0.6) is 17.2 Å². The van der Waals surface area contributed by atoms with Gasteiger partial charge in [0.15, 0.2) is 0 Å². The Balaban J connectivity index is 2.34. The molecule has 0 aliphatic rings. The van der Waals surface area contributed by atoms with Crippen LogP contribution in [0.15, 0.2) is 36.4 Å². The smallest absolute Gasteiger partial charge is 0.147 e. The fourth-order valence-corrected chi connectivity index (χ4v) is 1.87. The van der Waals surface area contributed by atoms with Crippen LogP contribution in [0.3, 0.4) is 0 Å². The number of aryl methyl sites for hydroxylation is 1. The minimum atomic E-state index is 0.401. The van der Waals surface area contributed by atoms with Gasteiger partial charge in [0, 0.05) is 12.1 Å². The van der Waals surface area contributed by atoms with E-state index >= 15 is 0 Å². The van der Waals surface area contributed by atoms with Gasteiger partial charge in [-0.1, -0.05) is 25.1 Å². The third kappa shape index (κ3) is 3.46. The molecule has 0 saturated carbocycles. The van der Waals surface area contributed by atoms with E-state index in [-0.39, 0.29) is 0 Å². The monoisotopic (exact) mass is 282 g/mol. The molecule has 0 aliphatic carbocycles. The highest BCUT2D eigenvalue weighted by Gasteiger charge is 2.12. The van der Waals surface area contributed by atoms with Crippen molar-refractivity contribution >= 4 is 5.69 Å². The van der Waals surface area contributed by atoms with Crippen LogP contribution in [0, 0.1) is 18.3 Å². The first kappa shape index (κ1) is 14.7. The van der Waals surface area contributed by atoms with E-state index in [4.69, 9.17) is 15.2 Å². The first-order chi connectivity index (χ1) is 10.2. The van der Waals surface area contributed by atoms with Gasteiger partial charge in [-0.25, -0.2) is 0 Å². The Morgan fingerprint density at radius 2 is 1.90 bits per heavy atom. The minimum Gasteiger partial charge on any atom is -0.491 e. The lowest BCUT2D eigenvalue weighted by Crippen LogP contribution is -2.01. The lowest BCUT2D eigenvalue weighted by Gasteiger charge is -2.13. The highest BCUT2D eigenvalue weighted by atomic mass is 16.5. The highest BCUT2D eigenvalue weighted by molar-refractivity contribution is 5.63. The fraction of sp³-hybridized carbons (Fsp3) is 0.235. The van der Waals surface area contributed by atoms with E-state index in [1.54, 1.807) is 12.1 Å². The van der Waals surface area contributed by atoms with Crippen LogP contribution in [-0.4, -0.2) is 6.61 Å². The third-order valence-corrected chi connectivity index (χ3v) is 3.01. The third-order valence-electron chi connectivity index (χ3n) is 3.01. The lowest BCUT2D eigenvalue weighted by molar-refractivity contribution is 0.318. The number of benzene rings is 2. The maximum atomic E-state index is 9.28. The molecule has 0 saturated heterocycles. The number of hydrogen-bond donors (Lipinski definition) is 1. The van der Waals surface area contributed by atoms with Gasteiger partial charge in [-0.2, -0.15) is 5.26 Å². The summed E-state index contributed by atoms with van der Waals surface area (Å²) < 4.78 is 11.3. The Morgan fingerprint density at radius 1 is 1.14 bits per heavy atom. The van der Waals surface area contributed by atoms with E-state index in [0.717, 1.165) is 12.0 Å². The normalized spacial score (nSPS) is 9.95. The summed E-state index contributed by atoms with van der Waals surface area (Å²) in [6.45, 7) is 4.52. The molecule has 0 atom stereocenters. The quantitative estimate of drug-likeness (QED) is 0.841. The van der Waals surface area contributed by atoms with Crippen LogP contribution in [0.1, 0.15) is 24.5 Å². The number of para-hydroxylation sites is 1. The summed E-state index contributed by atoms with van der Waals surface area (Å²) in [5.74, 6) is 1.66. The summed E-state index contributed by atoms with van der Waals surface area (Å²) in [6, 6.07) is 13.0. The molecule has 4 nitrogen and oxygen atoms in total. The van der Waals surface area contributed by atoms with Gasteiger partial charge in [0.1, 0.15) is 23.3 Å². The van der Waals surface area contributed by atoms with Gasteiger partial charge in [0.2, 0.25) is 0 Å². The maximum absolute atomic E-state index is 9.28. The molecule has 0 unspecified atom stereocenters. The molecule has 0 aliphatic heterocycles. The van der Waals surface area contributed by atoms with Gasteiger partial charge >= 0.3 is 0 Å². The largest absolute Gasteiger partial charge is 0.491 e. The number of nitrogens with two attached hydrogens (primary N) is 1. The molecule has 0 fully saturated rings. The van der Waals surface area contributed by atoms with Crippen molar-refractivity contribution in [1.29, 1.82) is 5.26 Å². The van der Waals surface area contributed by atoms with Crippen molar-refractivity contribution in [2.24, 2.45) is 0 Å². The Labute approximate surface area is 124 Å². The van der Waals surface area contributed by atoms with Crippen molar-refractivity contribution in [1.82, 2.24) is 0 Å². The van der Waals surface area contributed by atoms with Crippen molar-refractivity contribution in [3.8, 4) is 23.3 Å². The van der Waals surface area contributed by atoms with Crippen molar-refractivity contribution in [2.75, 3.05) is 12.3 Å². The number of nitrogen functional groups attached to an aromatic ring is 1. The highest BCUT2D eigenvalue weighted by Crippen LogP contribution is 2.34. The Morgan fingerprint density at radius 3 is 2.57 bits per heavy atom. The molecule has 0 heterocycles. The summed E-state index contributed by atoms with van der Waals surface area (Å²) in [6.07, 6.45) is 0.878. The number of nitriles is 1. The second-order valence-corrected chi connectivity index (χ2v) is 4.71. The maximum Gasteiger partial charge on any atom is 0.147 e. The molecule has 2 N–H and O–H groups in total. The molecular formula is C17H18N2O2. The molecular weight excluding hydrogens is 264 g/mol. The first-order valence-corrected chi connectivity index (χ1v) is 6.85. The van der Waals surface area contributed by atoms with Crippen molar-refractivity contribution in [3.05, 3.63) is 47.5 Å². The summed E-state index contributed by atoms with van der Waals surface area (Å²) in [5.41, 5.74) is 7.82. The van der Waals surface area contributed by atoms with Gasteiger partial charge in [0.05, 0.1) is 17.9 Å². The van der Waals surface area contributed by atoms with Gasteiger partial charge in [-0.3, -0.25) is 0 Å². The van der Waals surface area contributed by atoms with E-state index in [1.807, 2.05) is 38.1 Å². The molecule has 0 aromatic heterocycles. The molecule has 2 rings (SSSR count). The second kappa shape index (κ2) is 6.67. The van der Waals surface area contributed by atoms with Crippen LogP contribution >= 0.6 is 0 Å². The summed E-state index contributed by atoms with van der Waals surface area (Å²) >= 11 is 0. The number of nitrogens with zero attached hydrogens (tertiary/aromatic N) is 1. The predicted molar refractivity (Wildman–Crippen MR) is 82.6 cm³/mol. The summed E-state index contributed by atoms with van der Waals surface area (Å²) in [7, 11) is 0. The molecule has 0 bridgehead atoms. The lowest BCUT2D eigenvalue weighted by atomic mass is 10.1. The van der Waals surface area contributed by atoms with Crippen LogP contribution in [0.2, 0.25) is 0 Å². The number of anilines is 1. The SMILES string of the molecule is CCCOc1cc(C#N)c(Oc2ccccc2C)cc1N. The Bertz CT molecular complexity index is 675. The van der Waals surface area contributed by atoms with Crippen molar-refractivity contribution in [2.45, 2.75) is 20.3 Å². The summed E-state index contributed by atoms with van der Waals surface area (Å²) in [5, 5.41) is 9.28. The van der Waals surface area contributed by atoms with Gasteiger partial charge in [-0.05, 0) is 25.0 Å². The van der Waals surface area contributed by atoms with E-state index in [1.165, 1.54) is 0 Å². The molecule has 0 spiro atoms. The van der Waals surface area contributed by atoms with Gasteiger partial charge in [0.25, 0.3) is 0 Å². The Hall–Kier alpha value is -2.67. The van der Waals surface area contributed by atoms with E-state index < -0.39 is 0 Å². The molecule has 2 aromatic rings. The minimum absolute atomic E-state index is 0.401. The van der Waals surface area contributed by atoms with Crippen LogP contribution in [0.25, 0.3) is 0 Å². The number of ether oxygens (including phenoxy) is 2. The van der Waals surface area contributed by atoms with Crippen LogP contribution in [-0.2, 0) is 0 Å². The molecule has 21 heavy (non-hydrogen) atoms. The van der Waals surface area contributed by atoms with Gasteiger partial charge in [-0.15, -0.1) is 0 Å². The number of hydrogen-bond acceptors (Lipinski definition) is 4. The zero-order chi connectivity index (χ0) is 15.2. The van der Waals surface area contributed by atoms with Crippen molar-refractivity contribution in [3.63, 3.8) is 0 Å². The fourth-order valence-electron chi connectivity index (χ4n) is 1.87. The van der Waals surface area contributed by atoms with Crippen molar-refractivity contribution < 1.29 is 9.47 Å². The molecule has 4 heteroatoms.